The molecule has 1 aliphatic rings. The Kier molecular flexibility index (Phi) is 3.32. The SMILES string of the molecule is Cc1ccc([C@H]2[C@H](NC(=O)c3ccccc3)C2(C)C)cc1. The molecular weight excluding hydrogens is 258 g/mol. The van der Waals surface area contributed by atoms with E-state index in [0.29, 0.717) is 5.92 Å². The molecule has 0 aromatic heterocycles. The molecule has 0 radical (unpaired) electrons. The Morgan fingerprint density at radius 1 is 1.00 bits per heavy atom. The van der Waals surface area contributed by atoms with Gasteiger partial charge >= 0.3 is 0 Å². The van der Waals surface area contributed by atoms with E-state index in [1.807, 2.05) is 30.3 Å². The lowest BCUT2D eigenvalue weighted by atomic mass is 10.0. The standard InChI is InChI=1S/C19H21NO/c1-13-9-11-14(12-10-13)16-17(19(16,2)3)20-18(21)15-7-5-4-6-8-15/h4-12,16-17H,1-3H3,(H,20,21)/t16-,17-/m0/s1. The average molecular weight is 279 g/mol. The van der Waals surface area contributed by atoms with Crippen molar-refractivity contribution in [3.05, 3.63) is 71.3 Å². The molecule has 0 saturated heterocycles. The second kappa shape index (κ2) is 5.03. The maximum Gasteiger partial charge on any atom is 0.251 e. The van der Waals surface area contributed by atoms with Crippen LogP contribution in [0, 0.1) is 12.3 Å². The van der Waals surface area contributed by atoms with Crippen molar-refractivity contribution >= 4 is 5.91 Å². The second-order valence-corrected chi connectivity index (χ2v) is 6.53. The van der Waals surface area contributed by atoms with Gasteiger partial charge in [-0.15, -0.1) is 0 Å². The van der Waals surface area contributed by atoms with Gasteiger partial charge in [0.2, 0.25) is 0 Å². The van der Waals surface area contributed by atoms with E-state index in [2.05, 4.69) is 50.4 Å². The van der Waals surface area contributed by atoms with Crippen LogP contribution < -0.4 is 5.32 Å². The summed E-state index contributed by atoms with van der Waals surface area (Å²) in [5.41, 5.74) is 3.41. The van der Waals surface area contributed by atoms with Gasteiger partial charge in [0.05, 0.1) is 0 Å². The normalized spacial score (nSPS) is 22.6. The van der Waals surface area contributed by atoms with Crippen molar-refractivity contribution in [2.24, 2.45) is 5.41 Å². The van der Waals surface area contributed by atoms with Crippen molar-refractivity contribution in [1.82, 2.24) is 5.32 Å². The second-order valence-electron chi connectivity index (χ2n) is 6.53. The van der Waals surface area contributed by atoms with E-state index >= 15 is 0 Å². The molecule has 0 bridgehead atoms. The van der Waals surface area contributed by atoms with Crippen molar-refractivity contribution in [2.45, 2.75) is 32.7 Å². The largest absolute Gasteiger partial charge is 0.348 e. The van der Waals surface area contributed by atoms with Gasteiger partial charge in [0.25, 0.3) is 5.91 Å². The van der Waals surface area contributed by atoms with Crippen LogP contribution in [0.15, 0.2) is 54.6 Å². The van der Waals surface area contributed by atoms with Gasteiger partial charge in [-0.1, -0.05) is 61.9 Å². The van der Waals surface area contributed by atoms with Crippen LogP contribution in [-0.2, 0) is 0 Å². The van der Waals surface area contributed by atoms with Crippen molar-refractivity contribution < 1.29 is 4.79 Å². The third kappa shape index (κ3) is 2.58. The molecule has 2 nitrogen and oxygen atoms in total. The number of hydrogen-bond acceptors (Lipinski definition) is 1. The first-order valence-electron chi connectivity index (χ1n) is 7.42. The fourth-order valence-corrected chi connectivity index (χ4v) is 3.12. The molecule has 0 unspecified atom stereocenters. The van der Waals surface area contributed by atoms with Crippen LogP contribution >= 0.6 is 0 Å². The lowest BCUT2D eigenvalue weighted by Gasteiger charge is -2.06. The van der Waals surface area contributed by atoms with Crippen LogP contribution in [0.4, 0.5) is 0 Å². The molecule has 2 aromatic rings. The molecule has 108 valence electrons. The molecule has 0 spiro atoms. The molecule has 2 heteroatoms. The number of rotatable bonds is 3. The Hall–Kier alpha value is -2.09. The molecule has 21 heavy (non-hydrogen) atoms. The molecule has 1 saturated carbocycles. The quantitative estimate of drug-likeness (QED) is 0.906. The van der Waals surface area contributed by atoms with Gasteiger partial charge in [-0.3, -0.25) is 4.79 Å². The van der Waals surface area contributed by atoms with Crippen LogP contribution in [0.5, 0.6) is 0 Å². The number of amides is 1. The minimum absolute atomic E-state index is 0.0169. The highest BCUT2D eigenvalue weighted by atomic mass is 16.1. The van der Waals surface area contributed by atoms with Gasteiger partial charge in [-0.05, 0) is 30.0 Å². The minimum atomic E-state index is 0.0169. The molecule has 1 fully saturated rings. The molecule has 1 aliphatic carbocycles. The first-order valence-corrected chi connectivity index (χ1v) is 7.42. The van der Waals surface area contributed by atoms with Gasteiger partial charge in [0, 0.05) is 17.5 Å². The topological polar surface area (TPSA) is 29.1 Å². The fraction of sp³-hybridized carbons (Fsp3) is 0.316. The summed E-state index contributed by atoms with van der Waals surface area (Å²) in [5, 5.41) is 3.18. The summed E-state index contributed by atoms with van der Waals surface area (Å²) in [6.45, 7) is 6.53. The molecular formula is C19H21NO. The Morgan fingerprint density at radius 2 is 1.62 bits per heavy atom. The van der Waals surface area contributed by atoms with Gasteiger partial charge in [-0.2, -0.15) is 0 Å². The molecule has 2 aromatic carbocycles. The summed E-state index contributed by atoms with van der Waals surface area (Å²) in [7, 11) is 0. The average Bonchev–Trinajstić information content (AvgIpc) is 3.02. The van der Waals surface area contributed by atoms with Crippen LogP contribution in [-0.4, -0.2) is 11.9 Å². The highest BCUT2D eigenvalue weighted by molar-refractivity contribution is 5.94. The fourth-order valence-electron chi connectivity index (χ4n) is 3.12. The highest BCUT2D eigenvalue weighted by Gasteiger charge is 2.59. The predicted octanol–water partition coefficient (Wildman–Crippen LogP) is 3.92. The number of carbonyl (C=O) groups is 1. The summed E-state index contributed by atoms with van der Waals surface area (Å²) in [6.07, 6.45) is 0. The van der Waals surface area contributed by atoms with E-state index in [4.69, 9.17) is 0 Å². The third-order valence-corrected chi connectivity index (χ3v) is 4.59. The Balaban J connectivity index is 1.75. The van der Waals surface area contributed by atoms with Gasteiger partial charge in [-0.25, -0.2) is 0 Å². The summed E-state index contributed by atoms with van der Waals surface area (Å²) in [4.78, 5) is 12.3. The number of hydrogen-bond donors (Lipinski definition) is 1. The molecule has 0 aliphatic heterocycles. The Labute approximate surface area is 126 Å². The molecule has 1 N–H and O–H groups in total. The van der Waals surface area contributed by atoms with E-state index < -0.39 is 0 Å². The maximum atomic E-state index is 12.3. The lowest BCUT2D eigenvalue weighted by Crippen LogP contribution is -2.28. The zero-order valence-corrected chi connectivity index (χ0v) is 12.8. The molecule has 2 atom stereocenters. The first-order chi connectivity index (χ1) is 10.00. The van der Waals surface area contributed by atoms with Crippen LogP contribution in [0.2, 0.25) is 0 Å². The number of carbonyl (C=O) groups excluding carboxylic acids is 1. The molecule has 3 rings (SSSR count). The van der Waals surface area contributed by atoms with E-state index in [-0.39, 0.29) is 17.4 Å². The van der Waals surface area contributed by atoms with Crippen LogP contribution in [0.1, 0.15) is 41.3 Å². The smallest absolute Gasteiger partial charge is 0.251 e. The maximum absolute atomic E-state index is 12.3. The van der Waals surface area contributed by atoms with E-state index in [0.717, 1.165) is 5.56 Å². The molecule has 0 heterocycles. The van der Waals surface area contributed by atoms with Gasteiger partial charge in [0.1, 0.15) is 0 Å². The van der Waals surface area contributed by atoms with E-state index in [1.54, 1.807) is 0 Å². The van der Waals surface area contributed by atoms with E-state index in [9.17, 15) is 4.79 Å². The van der Waals surface area contributed by atoms with Crippen molar-refractivity contribution in [1.29, 1.82) is 0 Å². The monoisotopic (exact) mass is 279 g/mol. The molecule has 1 amide bonds. The number of benzene rings is 2. The lowest BCUT2D eigenvalue weighted by molar-refractivity contribution is 0.0946. The Bertz CT molecular complexity index is 643. The van der Waals surface area contributed by atoms with Gasteiger partial charge in [0.15, 0.2) is 0 Å². The summed E-state index contributed by atoms with van der Waals surface area (Å²) < 4.78 is 0. The first kappa shape index (κ1) is 13.9. The van der Waals surface area contributed by atoms with E-state index in [1.165, 1.54) is 11.1 Å². The zero-order valence-electron chi connectivity index (χ0n) is 12.8. The summed E-state index contributed by atoms with van der Waals surface area (Å²) in [5.74, 6) is 0.411. The number of aryl methyl sites for hydroxylation is 1. The predicted molar refractivity (Wildman–Crippen MR) is 85.4 cm³/mol. The van der Waals surface area contributed by atoms with Crippen LogP contribution in [0.25, 0.3) is 0 Å². The Morgan fingerprint density at radius 3 is 2.24 bits per heavy atom. The zero-order chi connectivity index (χ0) is 15.0. The highest BCUT2D eigenvalue weighted by Crippen LogP contribution is 2.58. The summed E-state index contributed by atoms with van der Waals surface area (Å²) in [6, 6.07) is 18.2. The summed E-state index contributed by atoms with van der Waals surface area (Å²) >= 11 is 0. The van der Waals surface area contributed by atoms with Crippen molar-refractivity contribution in [2.75, 3.05) is 0 Å². The van der Waals surface area contributed by atoms with Crippen LogP contribution in [0.3, 0.4) is 0 Å². The minimum Gasteiger partial charge on any atom is -0.348 e. The van der Waals surface area contributed by atoms with Gasteiger partial charge < -0.3 is 5.32 Å². The number of nitrogens with one attached hydrogen (secondary N) is 1. The van der Waals surface area contributed by atoms with Crippen molar-refractivity contribution in [3.8, 4) is 0 Å². The van der Waals surface area contributed by atoms with Crippen molar-refractivity contribution in [3.63, 3.8) is 0 Å². The third-order valence-electron chi connectivity index (χ3n) is 4.59.